The molecule has 0 aliphatic carbocycles. The number of rotatable bonds is 6. The molecule has 6 rings (SSSR count). The molecule has 11 heteroatoms. The third-order valence-corrected chi connectivity index (χ3v) is 7.64. The minimum Gasteiger partial charge on any atom is -0.352 e. The molecule has 4 heterocycles. The molecule has 1 aliphatic heterocycles. The number of halogens is 1. The van der Waals surface area contributed by atoms with E-state index >= 15 is 0 Å². The molecule has 1 N–H and O–H groups in total. The van der Waals surface area contributed by atoms with E-state index < -0.39 is 0 Å². The number of benzene rings is 2. The molecular weight excluding hydrogens is 564 g/mol. The lowest BCUT2D eigenvalue weighted by Crippen LogP contribution is -2.49. The van der Waals surface area contributed by atoms with Gasteiger partial charge in [0, 0.05) is 50.3 Å². The predicted molar refractivity (Wildman–Crippen MR) is 168 cm³/mol. The molecule has 0 atom stereocenters. The largest absolute Gasteiger partial charge is 0.352 e. The highest BCUT2D eigenvalue weighted by atomic mass is 35.5. The number of hydrogen-bond donors (Lipinski definition) is 1. The lowest BCUT2D eigenvalue weighted by Gasteiger charge is -2.35. The van der Waals surface area contributed by atoms with Crippen LogP contribution in [0, 0.1) is 13.8 Å². The molecule has 0 saturated carbocycles. The molecular formula is C32H33ClN8O2. The second-order valence-electron chi connectivity index (χ2n) is 10.5. The molecule has 1 aliphatic rings. The number of carbonyl (C=O) groups is 2. The van der Waals surface area contributed by atoms with Crippen molar-refractivity contribution >= 4 is 40.9 Å². The number of amides is 2. The first-order valence-corrected chi connectivity index (χ1v) is 14.0. The molecule has 2 amide bonds. The average Bonchev–Trinajstić information content (AvgIpc) is 3.31. The number of nitrogens with one attached hydrogen (secondary N) is 1. The van der Waals surface area contributed by atoms with Gasteiger partial charge in [-0.25, -0.2) is 9.97 Å². The molecule has 0 radical (unpaired) electrons. The van der Waals surface area contributed by atoms with Gasteiger partial charge in [0.15, 0.2) is 0 Å². The quantitative estimate of drug-likeness (QED) is 0.310. The van der Waals surface area contributed by atoms with Crippen LogP contribution >= 0.6 is 12.4 Å². The highest BCUT2D eigenvalue weighted by Crippen LogP contribution is 2.35. The number of aromatic nitrogens is 5. The highest BCUT2D eigenvalue weighted by molar-refractivity contribution is 6.13. The van der Waals surface area contributed by atoms with Gasteiger partial charge < -0.3 is 19.7 Å². The molecule has 1 saturated heterocycles. The molecule has 0 bridgehead atoms. The lowest BCUT2D eigenvalue weighted by molar-refractivity contribution is 0.0748. The van der Waals surface area contributed by atoms with E-state index in [1.807, 2.05) is 37.1 Å². The molecule has 2 aromatic carbocycles. The van der Waals surface area contributed by atoms with Crippen molar-refractivity contribution < 1.29 is 9.59 Å². The van der Waals surface area contributed by atoms with E-state index in [-0.39, 0.29) is 36.5 Å². The van der Waals surface area contributed by atoms with Crippen molar-refractivity contribution in [2.75, 3.05) is 31.1 Å². The second-order valence-corrected chi connectivity index (χ2v) is 10.5. The summed E-state index contributed by atoms with van der Waals surface area (Å²) in [6.07, 6.45) is 6.39. The van der Waals surface area contributed by atoms with Crippen molar-refractivity contribution in [1.82, 2.24) is 34.7 Å². The number of nitrogens with zero attached hydrogens (tertiary/aromatic N) is 7. The molecule has 10 nitrogen and oxygen atoms in total. The Morgan fingerprint density at radius 3 is 2.30 bits per heavy atom. The van der Waals surface area contributed by atoms with Crippen LogP contribution in [0.25, 0.3) is 22.2 Å². The van der Waals surface area contributed by atoms with E-state index in [0.717, 1.165) is 39.0 Å². The van der Waals surface area contributed by atoms with E-state index in [0.29, 0.717) is 37.7 Å². The smallest absolute Gasteiger partial charge is 0.271 e. The topological polar surface area (TPSA) is 109 Å². The summed E-state index contributed by atoms with van der Waals surface area (Å²) >= 11 is 0. The van der Waals surface area contributed by atoms with Gasteiger partial charge in [0.05, 0.1) is 47.8 Å². The van der Waals surface area contributed by atoms with Gasteiger partial charge in [0.1, 0.15) is 11.5 Å². The van der Waals surface area contributed by atoms with E-state index in [4.69, 9.17) is 0 Å². The highest BCUT2D eigenvalue weighted by Gasteiger charge is 2.29. The molecule has 43 heavy (non-hydrogen) atoms. The first-order valence-electron chi connectivity index (χ1n) is 14.0. The summed E-state index contributed by atoms with van der Waals surface area (Å²) in [4.78, 5) is 47.9. The van der Waals surface area contributed by atoms with Crippen LogP contribution < -0.4 is 10.2 Å². The van der Waals surface area contributed by atoms with Crippen LogP contribution in [0.2, 0.25) is 0 Å². The van der Waals surface area contributed by atoms with E-state index in [1.54, 1.807) is 18.6 Å². The zero-order chi connectivity index (χ0) is 29.2. The van der Waals surface area contributed by atoms with Crippen molar-refractivity contribution in [3.63, 3.8) is 0 Å². The third-order valence-electron chi connectivity index (χ3n) is 7.64. The maximum atomic E-state index is 14.1. The van der Waals surface area contributed by atoms with Crippen LogP contribution in [0.4, 0.5) is 5.82 Å². The molecule has 0 unspecified atom stereocenters. The summed E-state index contributed by atoms with van der Waals surface area (Å²) in [5.74, 6) is 0.376. The summed E-state index contributed by atoms with van der Waals surface area (Å²) in [5, 5.41) is 3.77. The minimum absolute atomic E-state index is 0. The fourth-order valence-electron chi connectivity index (χ4n) is 5.38. The Balaban J connectivity index is 0.00000368. The lowest BCUT2D eigenvalue weighted by atomic mass is 10.0. The normalized spacial score (nSPS) is 13.1. The van der Waals surface area contributed by atoms with Crippen molar-refractivity contribution in [2.24, 2.45) is 7.05 Å². The van der Waals surface area contributed by atoms with E-state index in [1.165, 1.54) is 6.20 Å². The van der Waals surface area contributed by atoms with Crippen molar-refractivity contribution in [2.45, 2.75) is 20.4 Å². The Bertz CT molecular complexity index is 1750. The van der Waals surface area contributed by atoms with Crippen LogP contribution in [0.1, 0.15) is 37.8 Å². The van der Waals surface area contributed by atoms with Gasteiger partial charge in [-0.1, -0.05) is 42.0 Å². The maximum absolute atomic E-state index is 14.1. The van der Waals surface area contributed by atoms with Crippen LogP contribution in [-0.4, -0.2) is 67.4 Å². The van der Waals surface area contributed by atoms with Crippen LogP contribution in [0.15, 0.2) is 73.3 Å². The fourth-order valence-corrected chi connectivity index (χ4v) is 5.38. The van der Waals surface area contributed by atoms with E-state index in [2.05, 4.69) is 72.0 Å². The van der Waals surface area contributed by atoms with Gasteiger partial charge in [-0.15, -0.1) is 12.4 Å². The third kappa shape index (κ3) is 6.05. The molecule has 5 aromatic rings. The molecule has 0 spiro atoms. The van der Waals surface area contributed by atoms with Crippen molar-refractivity contribution in [1.29, 1.82) is 0 Å². The van der Waals surface area contributed by atoms with Gasteiger partial charge in [0.2, 0.25) is 0 Å². The number of fused-ring (bicyclic) bond motifs is 1. The van der Waals surface area contributed by atoms with Crippen molar-refractivity contribution in [3.05, 3.63) is 102 Å². The van der Waals surface area contributed by atoms with Crippen LogP contribution in [0.3, 0.4) is 0 Å². The zero-order valence-corrected chi connectivity index (χ0v) is 25.1. The average molecular weight is 597 g/mol. The number of carbonyl (C=O) groups excluding carboxylic acids is 2. The van der Waals surface area contributed by atoms with Gasteiger partial charge in [-0.2, -0.15) is 0 Å². The van der Waals surface area contributed by atoms with Crippen LogP contribution in [0.5, 0.6) is 0 Å². The molecule has 220 valence electrons. The number of hydrogen-bond acceptors (Lipinski definition) is 7. The van der Waals surface area contributed by atoms with Gasteiger partial charge in [-0.3, -0.25) is 19.6 Å². The molecule has 3 aromatic heterocycles. The van der Waals surface area contributed by atoms with Gasteiger partial charge in [-0.05, 0) is 31.5 Å². The van der Waals surface area contributed by atoms with Crippen molar-refractivity contribution in [3.8, 4) is 11.3 Å². The Kier molecular flexibility index (Phi) is 8.68. The van der Waals surface area contributed by atoms with Gasteiger partial charge in [0.25, 0.3) is 11.8 Å². The first-order chi connectivity index (χ1) is 20.4. The van der Waals surface area contributed by atoms with E-state index in [9.17, 15) is 9.59 Å². The summed E-state index contributed by atoms with van der Waals surface area (Å²) in [5.41, 5.74) is 6.55. The number of aryl methyl sites for hydroxylation is 3. The molecule has 1 fully saturated rings. The second kappa shape index (κ2) is 12.6. The Morgan fingerprint density at radius 2 is 1.63 bits per heavy atom. The summed E-state index contributed by atoms with van der Waals surface area (Å²) in [6.45, 7) is 6.50. The number of piperazine rings is 1. The Labute approximate surface area is 256 Å². The summed E-state index contributed by atoms with van der Waals surface area (Å²) in [7, 11) is 2.02. The zero-order valence-electron chi connectivity index (χ0n) is 24.3. The monoisotopic (exact) mass is 596 g/mol. The summed E-state index contributed by atoms with van der Waals surface area (Å²) in [6, 6.07) is 16.4. The number of anilines is 1. The first kappa shape index (κ1) is 29.7. The fraction of sp³-hybridized carbons (Fsp3) is 0.250. The minimum atomic E-state index is -0.327. The Morgan fingerprint density at radius 1 is 0.860 bits per heavy atom. The maximum Gasteiger partial charge on any atom is 0.271 e. The van der Waals surface area contributed by atoms with Crippen LogP contribution in [-0.2, 0) is 13.6 Å². The predicted octanol–water partition coefficient (Wildman–Crippen LogP) is 4.36. The standard InChI is InChI=1S/C32H32N8O2.ClH/c1-21-9-10-27-25(15-21)29(30(38(27)3)23-7-5-4-6-8-23)32(42)40-13-11-39(12-14-40)28-20-35-26(19-36-28)31(41)37-18-24-17-33-22(2)16-34-24;/h4-10,15-17,19-20H,11-14,18H2,1-3H3,(H,37,41);1H. The summed E-state index contributed by atoms with van der Waals surface area (Å²) < 4.78 is 2.12. The SMILES string of the molecule is Cc1ccc2c(c1)c(C(=O)N1CCN(c3cnc(C(=O)NCc4cnc(C)cn4)cn3)CC1)c(-c1ccccc1)n2C.Cl. The Hall–Kier alpha value is -4.83. The van der Waals surface area contributed by atoms with Gasteiger partial charge >= 0.3 is 0 Å².